The zero-order valence-electron chi connectivity index (χ0n) is 17.2. The number of aromatic nitrogens is 2. The largest absolute Gasteiger partial charge is 0.324 e. The number of fused-ring (bicyclic) bond motifs is 1. The van der Waals surface area contributed by atoms with Crippen LogP contribution in [0.15, 0.2) is 52.4 Å². The van der Waals surface area contributed by atoms with Crippen LogP contribution in [-0.4, -0.2) is 25.6 Å². The van der Waals surface area contributed by atoms with Gasteiger partial charge in [0.1, 0.15) is 0 Å². The van der Waals surface area contributed by atoms with Crippen molar-refractivity contribution in [2.45, 2.75) is 37.7 Å². The summed E-state index contributed by atoms with van der Waals surface area (Å²) in [5.74, 6) is -0.210. The van der Waals surface area contributed by atoms with Crippen LogP contribution >= 0.6 is 23.4 Å². The topological polar surface area (TPSA) is 107 Å². The number of hydrogen-bond donors (Lipinski definition) is 1. The van der Waals surface area contributed by atoms with Gasteiger partial charge in [-0.05, 0) is 31.0 Å². The molecule has 2 aromatic carbocycles. The third-order valence-electron chi connectivity index (χ3n) is 4.44. The van der Waals surface area contributed by atoms with Gasteiger partial charge in [-0.2, -0.15) is 0 Å². The second-order valence-corrected chi connectivity index (χ2v) is 9.11. The third-order valence-corrected chi connectivity index (χ3v) is 5.86. The molecule has 0 spiro atoms. The van der Waals surface area contributed by atoms with Crippen molar-refractivity contribution in [1.29, 1.82) is 0 Å². The van der Waals surface area contributed by atoms with E-state index in [9.17, 15) is 19.7 Å². The van der Waals surface area contributed by atoms with E-state index in [2.05, 4.69) is 10.3 Å². The van der Waals surface area contributed by atoms with E-state index in [0.29, 0.717) is 22.6 Å². The highest BCUT2D eigenvalue weighted by Gasteiger charge is 2.21. The van der Waals surface area contributed by atoms with Crippen molar-refractivity contribution < 1.29 is 9.72 Å². The maximum atomic E-state index is 13.0. The summed E-state index contributed by atoms with van der Waals surface area (Å²) in [6.45, 7) is 6.13. The fourth-order valence-electron chi connectivity index (χ4n) is 2.93. The first-order valence-corrected chi connectivity index (χ1v) is 10.8. The number of nitro groups is 1. The number of nitro benzene ring substituents is 1. The van der Waals surface area contributed by atoms with E-state index in [0.717, 1.165) is 11.8 Å². The van der Waals surface area contributed by atoms with Crippen molar-refractivity contribution in [3.63, 3.8) is 0 Å². The number of hydrogen-bond acceptors (Lipinski definition) is 6. The van der Waals surface area contributed by atoms with Crippen molar-refractivity contribution in [3.8, 4) is 0 Å². The minimum absolute atomic E-state index is 0.152. The van der Waals surface area contributed by atoms with E-state index in [1.807, 2.05) is 13.8 Å². The number of nitrogens with zero attached hydrogens (tertiary/aromatic N) is 3. The summed E-state index contributed by atoms with van der Waals surface area (Å²) in [5.41, 5.74) is 0.377. The molecule has 0 radical (unpaired) electrons. The molecule has 1 aromatic heterocycles. The Morgan fingerprint density at radius 2 is 1.97 bits per heavy atom. The van der Waals surface area contributed by atoms with Gasteiger partial charge in [0.2, 0.25) is 5.91 Å². The van der Waals surface area contributed by atoms with Gasteiger partial charge in [-0.15, -0.1) is 0 Å². The molecule has 162 valence electrons. The second-order valence-electron chi connectivity index (χ2n) is 7.39. The average molecular weight is 461 g/mol. The predicted molar refractivity (Wildman–Crippen MR) is 123 cm³/mol. The van der Waals surface area contributed by atoms with E-state index >= 15 is 0 Å². The number of carbonyl (C=O) groups excluding carboxylic acids is 1. The number of anilines is 1. The Bertz CT molecular complexity index is 1210. The van der Waals surface area contributed by atoms with E-state index in [1.54, 1.807) is 35.8 Å². The van der Waals surface area contributed by atoms with Crippen molar-refractivity contribution in [2.75, 3.05) is 5.32 Å². The van der Waals surface area contributed by atoms with Crippen LogP contribution in [0.3, 0.4) is 0 Å². The fourth-order valence-corrected chi connectivity index (χ4v) is 4.02. The van der Waals surface area contributed by atoms with Gasteiger partial charge < -0.3 is 5.32 Å². The van der Waals surface area contributed by atoms with Crippen molar-refractivity contribution in [3.05, 3.63) is 68.0 Å². The lowest BCUT2D eigenvalue weighted by atomic mass is 10.2. The second kappa shape index (κ2) is 9.49. The Morgan fingerprint density at radius 1 is 1.26 bits per heavy atom. The first-order valence-electron chi connectivity index (χ1n) is 9.58. The summed E-state index contributed by atoms with van der Waals surface area (Å²) in [5, 5.41) is 14.1. The number of amides is 1. The molecule has 1 unspecified atom stereocenters. The van der Waals surface area contributed by atoms with E-state index in [-0.39, 0.29) is 27.9 Å². The number of rotatable bonds is 7. The molecule has 1 amide bonds. The molecule has 1 heterocycles. The van der Waals surface area contributed by atoms with Crippen LogP contribution in [0.1, 0.15) is 20.8 Å². The molecule has 1 atom stereocenters. The molecule has 0 aliphatic rings. The van der Waals surface area contributed by atoms with Crippen LogP contribution in [0.4, 0.5) is 11.4 Å². The van der Waals surface area contributed by atoms with Gasteiger partial charge in [0, 0.05) is 18.7 Å². The normalized spacial score (nSPS) is 12.2. The molecule has 8 nitrogen and oxygen atoms in total. The summed E-state index contributed by atoms with van der Waals surface area (Å²) >= 11 is 7.22. The van der Waals surface area contributed by atoms with Gasteiger partial charge >= 0.3 is 0 Å². The minimum atomic E-state index is -0.637. The first kappa shape index (κ1) is 22.8. The quantitative estimate of drug-likeness (QED) is 0.236. The number of para-hydroxylation sites is 1. The zero-order valence-corrected chi connectivity index (χ0v) is 18.7. The summed E-state index contributed by atoms with van der Waals surface area (Å²) < 4.78 is 1.59. The molecule has 0 saturated carbocycles. The first-order chi connectivity index (χ1) is 14.7. The molecule has 3 aromatic rings. The lowest BCUT2D eigenvalue weighted by molar-refractivity contribution is -0.384. The van der Waals surface area contributed by atoms with Crippen molar-refractivity contribution >= 4 is 51.5 Å². The molecule has 31 heavy (non-hydrogen) atoms. The lowest BCUT2D eigenvalue weighted by Gasteiger charge is -2.17. The molecular weight excluding hydrogens is 440 g/mol. The average Bonchev–Trinajstić information content (AvgIpc) is 2.72. The summed E-state index contributed by atoms with van der Waals surface area (Å²) in [6.07, 6.45) is 0. The van der Waals surface area contributed by atoms with Crippen LogP contribution in [0.2, 0.25) is 5.02 Å². The van der Waals surface area contributed by atoms with Gasteiger partial charge in [-0.1, -0.05) is 49.3 Å². The van der Waals surface area contributed by atoms with Crippen molar-refractivity contribution in [2.24, 2.45) is 5.92 Å². The molecule has 10 heteroatoms. The number of non-ortho nitro benzene ring substituents is 1. The molecule has 1 N–H and O–H groups in total. The van der Waals surface area contributed by atoms with Crippen LogP contribution in [0, 0.1) is 16.0 Å². The Labute approximate surface area is 187 Å². The molecule has 0 aliphatic heterocycles. The Morgan fingerprint density at radius 3 is 2.65 bits per heavy atom. The number of thioether (sulfide) groups is 1. The molecule has 0 saturated heterocycles. The summed E-state index contributed by atoms with van der Waals surface area (Å²) in [7, 11) is 0. The highest BCUT2D eigenvalue weighted by atomic mass is 35.5. The van der Waals surface area contributed by atoms with Crippen molar-refractivity contribution in [1.82, 2.24) is 9.55 Å². The van der Waals surface area contributed by atoms with E-state index in [1.165, 1.54) is 18.2 Å². The monoisotopic (exact) mass is 460 g/mol. The Hall–Kier alpha value is -2.91. The zero-order chi connectivity index (χ0) is 22.7. The highest BCUT2D eigenvalue weighted by molar-refractivity contribution is 8.00. The molecule has 0 fully saturated rings. The molecular formula is C21H21ClN4O4S. The van der Waals surface area contributed by atoms with Gasteiger partial charge in [0.05, 0.1) is 31.8 Å². The maximum Gasteiger partial charge on any atom is 0.271 e. The summed E-state index contributed by atoms with van der Waals surface area (Å²) in [4.78, 5) is 40.8. The lowest BCUT2D eigenvalue weighted by Crippen LogP contribution is -2.28. The Balaban J connectivity index is 1.89. The SMILES string of the molecule is CC(C)Cn1c(SC(C)C(=O)Nc2cc([N+](=O)[O-])ccc2Cl)nc2ccccc2c1=O. The third kappa shape index (κ3) is 5.23. The number of carbonyl (C=O) groups is 1. The van der Waals surface area contributed by atoms with Crippen LogP contribution in [0.5, 0.6) is 0 Å². The van der Waals surface area contributed by atoms with Gasteiger partial charge in [-0.3, -0.25) is 24.3 Å². The van der Waals surface area contributed by atoms with Crippen LogP contribution in [0.25, 0.3) is 10.9 Å². The minimum Gasteiger partial charge on any atom is -0.324 e. The molecule has 0 aliphatic carbocycles. The Kier molecular flexibility index (Phi) is 6.97. The van der Waals surface area contributed by atoms with E-state index < -0.39 is 16.1 Å². The van der Waals surface area contributed by atoms with Gasteiger partial charge in [-0.25, -0.2) is 4.98 Å². The molecule has 0 bridgehead atoms. The molecule has 3 rings (SSSR count). The highest BCUT2D eigenvalue weighted by Crippen LogP contribution is 2.29. The number of benzene rings is 2. The standard InChI is InChI=1S/C21H21ClN4O4S/c1-12(2)11-25-20(28)15-6-4-5-7-17(15)24-21(25)31-13(3)19(27)23-18-10-14(26(29)30)8-9-16(18)22/h4-10,12-13H,11H2,1-3H3,(H,23,27). The van der Waals surface area contributed by atoms with Gasteiger partial charge in [0.25, 0.3) is 11.2 Å². The van der Waals surface area contributed by atoms with Crippen LogP contribution < -0.4 is 10.9 Å². The predicted octanol–water partition coefficient (Wildman–Crippen LogP) is 4.73. The van der Waals surface area contributed by atoms with Crippen LogP contribution in [-0.2, 0) is 11.3 Å². The smallest absolute Gasteiger partial charge is 0.271 e. The maximum absolute atomic E-state index is 13.0. The van der Waals surface area contributed by atoms with E-state index in [4.69, 9.17) is 11.6 Å². The number of halogens is 1. The van der Waals surface area contributed by atoms with Gasteiger partial charge in [0.15, 0.2) is 5.16 Å². The number of nitrogens with one attached hydrogen (secondary N) is 1. The fraction of sp³-hybridized carbons (Fsp3) is 0.286. The summed E-state index contributed by atoms with van der Waals surface area (Å²) in [6, 6.07) is 10.9.